The van der Waals surface area contributed by atoms with Crippen LogP contribution in [0.15, 0.2) is 24.3 Å². The van der Waals surface area contributed by atoms with Crippen LogP contribution in [0.1, 0.15) is 17.5 Å². The van der Waals surface area contributed by atoms with Gasteiger partial charge in [-0.1, -0.05) is 24.3 Å². The van der Waals surface area contributed by atoms with Crippen molar-refractivity contribution in [2.45, 2.75) is 12.8 Å². The number of hydrogen-bond donors (Lipinski definition) is 1. The lowest BCUT2D eigenvalue weighted by atomic mass is 10.1. The van der Waals surface area contributed by atoms with Crippen LogP contribution in [-0.4, -0.2) is 5.91 Å². The second kappa shape index (κ2) is 5.66. The Morgan fingerprint density at radius 3 is 2.88 bits per heavy atom. The molecular weight excluding hydrogens is 207 g/mol. The molecule has 0 radical (unpaired) electrons. The van der Waals surface area contributed by atoms with Gasteiger partial charge >= 0.3 is 0 Å². The molecule has 0 aliphatic rings. The third-order valence-corrected chi connectivity index (χ3v) is 1.96. The Bertz CT molecular complexity index is 461. The summed E-state index contributed by atoms with van der Waals surface area (Å²) in [7, 11) is 0. The molecule has 2 N–H and O–H groups in total. The summed E-state index contributed by atoms with van der Waals surface area (Å²) in [5.74, 6) is -0.869. The summed E-state index contributed by atoms with van der Waals surface area (Å²) < 4.78 is 13.4. The summed E-state index contributed by atoms with van der Waals surface area (Å²) >= 11 is 0. The third-order valence-electron chi connectivity index (χ3n) is 1.96. The zero-order chi connectivity index (χ0) is 12.0. The standard InChI is InChI=1S/C12H11FN2O/c13-11-8-9(6-7-14)4-5-10(11)2-1-3-12(15)16/h1-2,4-5,8H,3,6H2,(H2,15,16). The Morgan fingerprint density at radius 1 is 1.56 bits per heavy atom. The molecule has 1 aromatic carbocycles. The van der Waals surface area contributed by atoms with Crippen molar-refractivity contribution in [2.24, 2.45) is 5.73 Å². The van der Waals surface area contributed by atoms with E-state index in [4.69, 9.17) is 11.0 Å². The number of hydrogen-bond acceptors (Lipinski definition) is 2. The fourth-order valence-electron chi connectivity index (χ4n) is 1.21. The van der Waals surface area contributed by atoms with E-state index in [-0.39, 0.29) is 12.8 Å². The summed E-state index contributed by atoms with van der Waals surface area (Å²) in [6.45, 7) is 0. The Morgan fingerprint density at radius 2 is 2.31 bits per heavy atom. The maximum absolute atomic E-state index is 13.4. The van der Waals surface area contributed by atoms with Gasteiger partial charge in [-0.05, 0) is 11.6 Å². The van der Waals surface area contributed by atoms with Gasteiger partial charge in [-0.2, -0.15) is 5.26 Å². The first-order valence-corrected chi connectivity index (χ1v) is 4.73. The van der Waals surface area contributed by atoms with Crippen molar-refractivity contribution in [1.29, 1.82) is 5.26 Å². The number of carbonyl (C=O) groups is 1. The van der Waals surface area contributed by atoms with Gasteiger partial charge in [-0.25, -0.2) is 4.39 Å². The lowest BCUT2D eigenvalue weighted by Crippen LogP contribution is -2.07. The van der Waals surface area contributed by atoms with E-state index in [1.165, 1.54) is 18.2 Å². The van der Waals surface area contributed by atoms with Crippen LogP contribution < -0.4 is 5.73 Å². The minimum Gasteiger partial charge on any atom is -0.369 e. The number of nitriles is 1. The predicted octanol–water partition coefficient (Wildman–Crippen LogP) is 1.78. The largest absolute Gasteiger partial charge is 0.369 e. The van der Waals surface area contributed by atoms with Gasteiger partial charge in [0.2, 0.25) is 5.91 Å². The fraction of sp³-hybridized carbons (Fsp3) is 0.167. The van der Waals surface area contributed by atoms with Crippen molar-refractivity contribution >= 4 is 12.0 Å². The molecule has 0 unspecified atom stereocenters. The van der Waals surface area contributed by atoms with E-state index in [0.717, 1.165) is 0 Å². The second-order valence-electron chi connectivity index (χ2n) is 3.26. The van der Waals surface area contributed by atoms with Gasteiger partial charge in [0.1, 0.15) is 5.82 Å². The first-order valence-electron chi connectivity index (χ1n) is 4.73. The van der Waals surface area contributed by atoms with Gasteiger partial charge in [-0.3, -0.25) is 4.79 Å². The molecule has 0 fully saturated rings. The highest BCUT2D eigenvalue weighted by Gasteiger charge is 2.00. The molecule has 1 amide bonds. The average Bonchev–Trinajstić information content (AvgIpc) is 2.21. The van der Waals surface area contributed by atoms with Crippen LogP contribution in [0.3, 0.4) is 0 Å². The van der Waals surface area contributed by atoms with E-state index < -0.39 is 11.7 Å². The number of halogens is 1. The van der Waals surface area contributed by atoms with Crippen LogP contribution in [0, 0.1) is 17.1 Å². The lowest BCUT2D eigenvalue weighted by molar-refractivity contribution is -0.117. The van der Waals surface area contributed by atoms with Gasteiger partial charge in [-0.15, -0.1) is 0 Å². The van der Waals surface area contributed by atoms with Gasteiger partial charge in [0.15, 0.2) is 0 Å². The molecule has 0 heterocycles. The molecule has 0 aromatic heterocycles. The number of benzene rings is 1. The van der Waals surface area contributed by atoms with Crippen LogP contribution in [-0.2, 0) is 11.2 Å². The molecule has 0 spiro atoms. The van der Waals surface area contributed by atoms with Gasteiger partial charge in [0.25, 0.3) is 0 Å². The Labute approximate surface area is 93.0 Å². The molecule has 0 bridgehead atoms. The zero-order valence-electron chi connectivity index (χ0n) is 8.61. The Hall–Kier alpha value is -2.15. The fourth-order valence-corrected chi connectivity index (χ4v) is 1.21. The normalized spacial score (nSPS) is 10.2. The molecule has 0 atom stereocenters. The number of amides is 1. The highest BCUT2D eigenvalue weighted by Crippen LogP contribution is 2.12. The van der Waals surface area contributed by atoms with Crippen LogP contribution in [0.25, 0.3) is 6.08 Å². The van der Waals surface area contributed by atoms with Crippen molar-refractivity contribution in [3.63, 3.8) is 0 Å². The SMILES string of the molecule is N#CCc1ccc(C=CCC(N)=O)c(F)c1. The molecular formula is C12H11FN2O. The second-order valence-corrected chi connectivity index (χ2v) is 3.26. The predicted molar refractivity (Wildman–Crippen MR) is 58.6 cm³/mol. The van der Waals surface area contributed by atoms with E-state index in [1.807, 2.05) is 6.07 Å². The average molecular weight is 218 g/mol. The first-order chi connectivity index (χ1) is 7.63. The van der Waals surface area contributed by atoms with Gasteiger partial charge in [0.05, 0.1) is 12.5 Å². The zero-order valence-corrected chi connectivity index (χ0v) is 8.61. The van der Waals surface area contributed by atoms with Crippen LogP contribution in [0.5, 0.6) is 0 Å². The third kappa shape index (κ3) is 3.54. The number of carbonyl (C=O) groups excluding carboxylic acids is 1. The number of nitrogens with zero attached hydrogens (tertiary/aromatic N) is 1. The minimum atomic E-state index is -0.460. The van der Waals surface area contributed by atoms with Gasteiger partial charge < -0.3 is 5.73 Å². The van der Waals surface area contributed by atoms with Crippen molar-refractivity contribution in [1.82, 2.24) is 0 Å². The quantitative estimate of drug-likeness (QED) is 0.837. The summed E-state index contributed by atoms with van der Waals surface area (Å²) in [6.07, 6.45) is 3.27. The van der Waals surface area contributed by atoms with Crippen molar-refractivity contribution in [3.8, 4) is 6.07 Å². The molecule has 1 aromatic rings. The Balaban J connectivity index is 2.79. The highest BCUT2D eigenvalue weighted by atomic mass is 19.1. The van der Waals surface area contributed by atoms with E-state index in [1.54, 1.807) is 12.1 Å². The molecule has 82 valence electrons. The molecule has 0 saturated heterocycles. The summed E-state index contributed by atoms with van der Waals surface area (Å²) in [4.78, 5) is 10.5. The highest BCUT2D eigenvalue weighted by molar-refractivity contribution is 5.76. The summed E-state index contributed by atoms with van der Waals surface area (Å²) in [5, 5.41) is 8.44. The topological polar surface area (TPSA) is 66.9 Å². The summed E-state index contributed by atoms with van der Waals surface area (Å²) in [5.41, 5.74) is 5.95. The van der Waals surface area contributed by atoms with E-state index in [2.05, 4.69) is 0 Å². The number of rotatable bonds is 4. The molecule has 16 heavy (non-hydrogen) atoms. The molecule has 0 aliphatic carbocycles. The molecule has 0 aliphatic heterocycles. The monoisotopic (exact) mass is 218 g/mol. The van der Waals surface area contributed by atoms with Crippen molar-refractivity contribution in [2.75, 3.05) is 0 Å². The van der Waals surface area contributed by atoms with Crippen LogP contribution >= 0.6 is 0 Å². The van der Waals surface area contributed by atoms with E-state index >= 15 is 0 Å². The molecule has 1 rings (SSSR count). The number of nitrogens with two attached hydrogens (primary N) is 1. The van der Waals surface area contributed by atoms with Gasteiger partial charge in [0, 0.05) is 12.0 Å². The maximum Gasteiger partial charge on any atom is 0.221 e. The van der Waals surface area contributed by atoms with Crippen molar-refractivity contribution < 1.29 is 9.18 Å². The summed E-state index contributed by atoms with van der Waals surface area (Å²) in [6, 6.07) is 6.50. The maximum atomic E-state index is 13.4. The molecule has 3 nitrogen and oxygen atoms in total. The molecule has 4 heteroatoms. The van der Waals surface area contributed by atoms with Crippen LogP contribution in [0.2, 0.25) is 0 Å². The smallest absolute Gasteiger partial charge is 0.221 e. The van der Waals surface area contributed by atoms with E-state index in [0.29, 0.717) is 11.1 Å². The Kier molecular flexibility index (Phi) is 4.22. The lowest BCUT2D eigenvalue weighted by Gasteiger charge is -1.99. The first kappa shape index (κ1) is 11.9. The van der Waals surface area contributed by atoms with Crippen molar-refractivity contribution in [3.05, 3.63) is 41.2 Å². The van der Waals surface area contributed by atoms with E-state index in [9.17, 15) is 9.18 Å². The number of primary amides is 1. The van der Waals surface area contributed by atoms with Crippen LogP contribution in [0.4, 0.5) is 4.39 Å². The molecule has 0 saturated carbocycles. The minimum absolute atomic E-state index is 0.0827.